The summed E-state index contributed by atoms with van der Waals surface area (Å²) in [5.41, 5.74) is 19.0. The van der Waals surface area contributed by atoms with Crippen LogP contribution >= 0.6 is 0 Å². The van der Waals surface area contributed by atoms with Crippen molar-refractivity contribution < 1.29 is 0 Å². The van der Waals surface area contributed by atoms with Gasteiger partial charge in [-0.05, 0) is 112 Å². The number of hydrogen-bond donors (Lipinski definition) is 0. The van der Waals surface area contributed by atoms with Crippen LogP contribution in [0.1, 0.15) is 0 Å². The molecule has 12 aromatic rings. The van der Waals surface area contributed by atoms with Gasteiger partial charge < -0.3 is 9.13 Å². The zero-order valence-electron chi connectivity index (χ0n) is 32.5. The van der Waals surface area contributed by atoms with E-state index in [0.717, 1.165) is 16.9 Å². The van der Waals surface area contributed by atoms with Crippen LogP contribution in [-0.4, -0.2) is 14.1 Å². The molecule has 0 amide bonds. The number of para-hydroxylation sites is 3. The van der Waals surface area contributed by atoms with Gasteiger partial charge in [0.2, 0.25) is 0 Å². The van der Waals surface area contributed by atoms with Crippen LogP contribution < -0.4 is 0 Å². The first kappa shape index (κ1) is 33.0. The van der Waals surface area contributed by atoms with Crippen molar-refractivity contribution in [1.82, 2.24) is 14.1 Å². The molecule has 0 fully saturated rings. The number of fused-ring (bicyclic) bond motifs is 9. The molecule has 0 saturated heterocycles. The molecular formula is C57H35N3. The molecule has 60 heavy (non-hydrogen) atoms. The summed E-state index contributed by atoms with van der Waals surface area (Å²) >= 11 is 0. The fourth-order valence-electron chi connectivity index (χ4n) is 10.0. The molecule has 0 unspecified atom stereocenters. The second-order valence-corrected chi connectivity index (χ2v) is 15.9. The maximum Gasteiger partial charge on any atom is 0.0787 e. The summed E-state index contributed by atoms with van der Waals surface area (Å²) in [5.74, 6) is 0. The summed E-state index contributed by atoms with van der Waals surface area (Å²) in [6, 6.07) is 75.3. The molecule has 0 atom stereocenters. The summed E-state index contributed by atoms with van der Waals surface area (Å²) in [7, 11) is 0. The molecule has 0 aliphatic heterocycles. The molecule has 1 aliphatic carbocycles. The Labute approximate surface area is 346 Å². The summed E-state index contributed by atoms with van der Waals surface area (Å²) in [6.07, 6.45) is 2.04. The Morgan fingerprint density at radius 2 is 0.800 bits per heavy atom. The van der Waals surface area contributed by atoms with Crippen LogP contribution in [0.2, 0.25) is 0 Å². The number of benzene rings is 9. The van der Waals surface area contributed by atoms with Crippen LogP contribution in [0.25, 0.3) is 122 Å². The van der Waals surface area contributed by atoms with E-state index in [1.807, 2.05) is 6.20 Å². The molecule has 0 saturated carbocycles. The Hall–Kier alpha value is -8.01. The van der Waals surface area contributed by atoms with Gasteiger partial charge in [0, 0.05) is 61.0 Å². The fraction of sp³-hybridized carbons (Fsp3) is 0. The Kier molecular flexibility index (Phi) is 7.01. The molecule has 0 spiro atoms. The molecular weight excluding hydrogens is 727 g/mol. The van der Waals surface area contributed by atoms with E-state index < -0.39 is 0 Å². The summed E-state index contributed by atoms with van der Waals surface area (Å²) < 4.78 is 4.78. The van der Waals surface area contributed by atoms with Gasteiger partial charge in [-0.25, -0.2) is 0 Å². The maximum atomic E-state index is 5.13. The summed E-state index contributed by atoms with van der Waals surface area (Å²) in [4.78, 5) is 5.13. The van der Waals surface area contributed by atoms with Crippen LogP contribution in [0.15, 0.2) is 212 Å². The number of pyridine rings is 1. The van der Waals surface area contributed by atoms with Gasteiger partial charge in [0.25, 0.3) is 0 Å². The fourth-order valence-corrected chi connectivity index (χ4v) is 10.0. The van der Waals surface area contributed by atoms with Gasteiger partial charge in [0.1, 0.15) is 0 Å². The minimum atomic E-state index is 1.03. The van der Waals surface area contributed by atoms with E-state index in [0.29, 0.717) is 0 Å². The third kappa shape index (κ3) is 4.81. The molecule has 3 nitrogen and oxygen atoms in total. The van der Waals surface area contributed by atoms with Gasteiger partial charge in [0.15, 0.2) is 0 Å². The van der Waals surface area contributed by atoms with Crippen LogP contribution in [0.3, 0.4) is 0 Å². The highest BCUT2D eigenvalue weighted by atomic mass is 15.0. The van der Waals surface area contributed by atoms with Crippen molar-refractivity contribution in [3.05, 3.63) is 212 Å². The van der Waals surface area contributed by atoms with Crippen molar-refractivity contribution in [2.24, 2.45) is 0 Å². The Bertz CT molecular complexity index is 3700. The zero-order valence-corrected chi connectivity index (χ0v) is 32.5. The Balaban J connectivity index is 0.980. The van der Waals surface area contributed by atoms with Crippen molar-refractivity contribution in [3.8, 4) is 67.1 Å². The first-order valence-corrected chi connectivity index (χ1v) is 20.6. The molecule has 13 rings (SSSR count). The van der Waals surface area contributed by atoms with E-state index in [9.17, 15) is 0 Å². The van der Waals surface area contributed by atoms with Gasteiger partial charge >= 0.3 is 0 Å². The lowest BCUT2D eigenvalue weighted by atomic mass is 9.95. The standard InChI is InChI=1S/C57H35N3/c1-3-16-42(17-4-1)59-51-24-10-9-21-45(51)48-32-38(26-28-52(48)59)39-27-30-54-50(34-39)49-33-37(25-29-53(49)60(54)43-18-5-2-6-19-43)36-13-11-14-40(31-36)57-56-47-22-8-7-20-44(47)46-23-12-15-41(35-58-57)55(46)56/h1-35H. The average molecular weight is 762 g/mol. The number of hydrogen-bond acceptors (Lipinski definition) is 1. The molecule has 0 bridgehead atoms. The van der Waals surface area contributed by atoms with E-state index in [1.165, 1.54) is 105 Å². The van der Waals surface area contributed by atoms with Crippen molar-refractivity contribution in [2.75, 3.05) is 0 Å². The third-order valence-corrected chi connectivity index (χ3v) is 12.7. The molecule has 9 aromatic carbocycles. The molecule has 3 heterocycles. The van der Waals surface area contributed by atoms with Crippen molar-refractivity contribution in [3.63, 3.8) is 0 Å². The van der Waals surface area contributed by atoms with Crippen LogP contribution in [-0.2, 0) is 0 Å². The van der Waals surface area contributed by atoms with Gasteiger partial charge in [-0.1, -0.05) is 133 Å². The summed E-state index contributed by atoms with van der Waals surface area (Å²) in [5, 5.41) is 7.42. The largest absolute Gasteiger partial charge is 0.309 e. The number of nitrogens with zero attached hydrogens (tertiary/aromatic N) is 3. The van der Waals surface area contributed by atoms with Gasteiger partial charge in [-0.2, -0.15) is 0 Å². The molecule has 278 valence electrons. The minimum Gasteiger partial charge on any atom is -0.309 e. The molecule has 0 N–H and O–H groups in total. The SMILES string of the molecule is c1ccc(-n2c3ccccc3c3cc(-c4ccc5c(c4)c4cc(-c6cccc(-c7ncc8cccc9c8c7-c7ccccc7-9)c6)ccc4n5-c4ccccc4)ccc32)cc1. The predicted octanol–water partition coefficient (Wildman–Crippen LogP) is 15.1. The van der Waals surface area contributed by atoms with Crippen LogP contribution in [0.4, 0.5) is 0 Å². The minimum absolute atomic E-state index is 1.03. The number of rotatable bonds is 5. The van der Waals surface area contributed by atoms with E-state index in [-0.39, 0.29) is 0 Å². The molecule has 3 aromatic heterocycles. The highest BCUT2D eigenvalue weighted by Crippen LogP contribution is 2.50. The highest BCUT2D eigenvalue weighted by molar-refractivity contribution is 6.18. The van der Waals surface area contributed by atoms with Crippen LogP contribution in [0, 0.1) is 0 Å². The average Bonchev–Trinajstić information content (AvgIpc) is 3.96. The quantitative estimate of drug-likeness (QED) is 0.171. The monoisotopic (exact) mass is 761 g/mol. The second kappa shape index (κ2) is 12.7. The van der Waals surface area contributed by atoms with Crippen LogP contribution in [0.5, 0.6) is 0 Å². The first-order chi connectivity index (χ1) is 29.8. The van der Waals surface area contributed by atoms with Crippen molar-refractivity contribution >= 4 is 54.4 Å². The normalized spacial score (nSPS) is 12.0. The van der Waals surface area contributed by atoms with E-state index in [1.54, 1.807) is 0 Å². The highest BCUT2D eigenvalue weighted by Gasteiger charge is 2.25. The second-order valence-electron chi connectivity index (χ2n) is 15.9. The third-order valence-electron chi connectivity index (χ3n) is 12.7. The van der Waals surface area contributed by atoms with Crippen molar-refractivity contribution in [1.29, 1.82) is 0 Å². The summed E-state index contributed by atoms with van der Waals surface area (Å²) in [6.45, 7) is 0. The smallest absolute Gasteiger partial charge is 0.0787 e. The maximum absolute atomic E-state index is 5.13. The molecule has 0 radical (unpaired) electrons. The predicted molar refractivity (Wildman–Crippen MR) is 251 cm³/mol. The lowest BCUT2D eigenvalue weighted by Gasteiger charge is -2.12. The van der Waals surface area contributed by atoms with Gasteiger partial charge in [0.05, 0.1) is 27.8 Å². The van der Waals surface area contributed by atoms with E-state index in [2.05, 4.69) is 215 Å². The Morgan fingerprint density at radius 3 is 1.45 bits per heavy atom. The number of aromatic nitrogens is 3. The van der Waals surface area contributed by atoms with Crippen molar-refractivity contribution in [2.45, 2.75) is 0 Å². The molecule has 1 aliphatic rings. The zero-order chi connectivity index (χ0) is 39.3. The topological polar surface area (TPSA) is 22.8 Å². The van der Waals surface area contributed by atoms with E-state index >= 15 is 0 Å². The van der Waals surface area contributed by atoms with Gasteiger partial charge in [-0.3, -0.25) is 4.98 Å². The van der Waals surface area contributed by atoms with Gasteiger partial charge in [-0.15, -0.1) is 0 Å². The Morgan fingerprint density at radius 1 is 0.317 bits per heavy atom. The lowest BCUT2D eigenvalue weighted by Crippen LogP contribution is -1.93. The first-order valence-electron chi connectivity index (χ1n) is 20.6. The van der Waals surface area contributed by atoms with E-state index in [4.69, 9.17) is 4.98 Å². The lowest BCUT2D eigenvalue weighted by molar-refractivity contribution is 1.18. The molecule has 3 heteroatoms.